The molecule has 0 radical (unpaired) electrons. The maximum absolute atomic E-state index is 12.3. The van der Waals surface area contributed by atoms with Crippen molar-refractivity contribution in [3.05, 3.63) is 35.4 Å². The van der Waals surface area contributed by atoms with E-state index in [1.165, 1.54) is 0 Å². The fourth-order valence-corrected chi connectivity index (χ4v) is 2.66. The molecule has 0 amide bonds. The second-order valence-corrected chi connectivity index (χ2v) is 5.96. The highest BCUT2D eigenvalue weighted by molar-refractivity contribution is 5.97. The highest BCUT2D eigenvalue weighted by Crippen LogP contribution is 2.21. The van der Waals surface area contributed by atoms with Crippen LogP contribution < -0.4 is 0 Å². The molecule has 0 aromatic heterocycles. The fourth-order valence-electron chi connectivity index (χ4n) is 2.66. The molecule has 1 heterocycles. The molecule has 1 unspecified atom stereocenters. The first-order chi connectivity index (χ1) is 9.93. The second kappa shape index (κ2) is 6.35. The average molecular weight is 288 g/mol. The van der Waals surface area contributed by atoms with Gasteiger partial charge in [-0.3, -0.25) is 9.69 Å². The summed E-state index contributed by atoms with van der Waals surface area (Å²) >= 11 is 0. The Morgan fingerprint density at radius 2 is 2.14 bits per heavy atom. The molecule has 5 nitrogen and oxygen atoms in total. The molecule has 0 bridgehead atoms. The summed E-state index contributed by atoms with van der Waals surface area (Å²) in [6, 6.07) is 8.68. The molecule has 0 aliphatic carbocycles. The highest BCUT2D eigenvalue weighted by Gasteiger charge is 2.33. The monoisotopic (exact) mass is 288 g/mol. The largest absolute Gasteiger partial charge is 0.394 e. The van der Waals surface area contributed by atoms with Crippen molar-refractivity contribution in [3.8, 4) is 6.07 Å². The predicted octanol–water partition coefficient (Wildman–Crippen LogP) is 1.21. The normalized spacial score (nSPS) is 21.7. The van der Waals surface area contributed by atoms with Crippen LogP contribution in [0.25, 0.3) is 0 Å². The number of rotatable bonds is 4. The first-order valence-corrected chi connectivity index (χ1v) is 6.98. The summed E-state index contributed by atoms with van der Waals surface area (Å²) in [5.41, 5.74) is 0.759. The zero-order chi connectivity index (χ0) is 15.5. The molecule has 1 aliphatic rings. The zero-order valence-electron chi connectivity index (χ0n) is 12.4. The van der Waals surface area contributed by atoms with Crippen molar-refractivity contribution in [2.75, 3.05) is 26.2 Å². The van der Waals surface area contributed by atoms with E-state index in [0.717, 1.165) is 0 Å². The number of hydrogen-bond donors (Lipinski definition) is 1. The first kappa shape index (κ1) is 15.6. The summed E-state index contributed by atoms with van der Waals surface area (Å²) in [4.78, 5) is 14.3. The van der Waals surface area contributed by atoms with Crippen LogP contribution in [0.2, 0.25) is 0 Å². The molecule has 1 aromatic carbocycles. The molecule has 1 atom stereocenters. The number of hydrogen-bond acceptors (Lipinski definition) is 5. The Labute approximate surface area is 124 Å². The van der Waals surface area contributed by atoms with Crippen molar-refractivity contribution in [2.45, 2.75) is 25.6 Å². The summed E-state index contributed by atoms with van der Waals surface area (Å²) in [6.07, 6.45) is -0.262. The number of Topliss-reactive ketones (excluding diaryl/α,β-unsaturated/α-hetero) is 1. The molecule has 1 aliphatic heterocycles. The van der Waals surface area contributed by atoms with Gasteiger partial charge in [-0.15, -0.1) is 0 Å². The third-order valence-corrected chi connectivity index (χ3v) is 3.46. The minimum Gasteiger partial charge on any atom is -0.394 e. The number of aliphatic hydroxyl groups is 1. The van der Waals surface area contributed by atoms with Gasteiger partial charge in [0.05, 0.1) is 36.5 Å². The van der Waals surface area contributed by atoms with Gasteiger partial charge in [0.25, 0.3) is 0 Å². The van der Waals surface area contributed by atoms with Crippen molar-refractivity contribution in [1.29, 1.82) is 5.26 Å². The van der Waals surface area contributed by atoms with Crippen LogP contribution in [-0.2, 0) is 4.74 Å². The predicted molar refractivity (Wildman–Crippen MR) is 78.0 cm³/mol. The second-order valence-electron chi connectivity index (χ2n) is 5.96. The molecule has 2 rings (SSSR count). The van der Waals surface area contributed by atoms with Crippen LogP contribution in [-0.4, -0.2) is 53.7 Å². The van der Waals surface area contributed by atoms with Gasteiger partial charge < -0.3 is 9.84 Å². The molecule has 5 heteroatoms. The average Bonchev–Trinajstić information content (AvgIpc) is 2.45. The molecule has 112 valence electrons. The van der Waals surface area contributed by atoms with Crippen LogP contribution in [0.15, 0.2) is 24.3 Å². The number of carbonyl (C=O) groups excluding carboxylic acids is 1. The molecular weight excluding hydrogens is 268 g/mol. The maximum Gasteiger partial charge on any atom is 0.176 e. The topological polar surface area (TPSA) is 73.6 Å². The van der Waals surface area contributed by atoms with E-state index in [0.29, 0.717) is 24.2 Å². The van der Waals surface area contributed by atoms with Crippen molar-refractivity contribution >= 4 is 5.78 Å². The van der Waals surface area contributed by atoms with Crippen molar-refractivity contribution in [1.82, 2.24) is 4.90 Å². The summed E-state index contributed by atoms with van der Waals surface area (Å²) in [7, 11) is 0. The fraction of sp³-hybridized carbons (Fsp3) is 0.500. The SMILES string of the molecule is CC1(C)CN(CC(=O)c2ccc(C#N)cc2)CC(CO)O1. The standard InChI is InChI=1S/C16H20N2O3/c1-16(2)11-18(8-14(10-19)21-16)9-15(20)13-5-3-12(7-17)4-6-13/h3-6,14,19H,8-11H2,1-2H3. The van der Waals surface area contributed by atoms with Crippen LogP contribution in [0.1, 0.15) is 29.8 Å². The van der Waals surface area contributed by atoms with E-state index in [4.69, 9.17) is 10.00 Å². The van der Waals surface area contributed by atoms with Gasteiger partial charge in [0.15, 0.2) is 5.78 Å². The molecular formula is C16H20N2O3. The number of ketones is 1. The molecule has 0 saturated carbocycles. The summed E-state index contributed by atoms with van der Waals surface area (Å²) in [5.74, 6) is 0.00822. The van der Waals surface area contributed by atoms with Crippen LogP contribution >= 0.6 is 0 Å². The number of morpholine rings is 1. The summed E-state index contributed by atoms with van der Waals surface area (Å²) in [6.45, 7) is 5.33. The molecule has 0 spiro atoms. The highest BCUT2D eigenvalue weighted by atomic mass is 16.5. The van der Waals surface area contributed by atoms with Crippen molar-refractivity contribution in [2.24, 2.45) is 0 Å². The van der Waals surface area contributed by atoms with Gasteiger partial charge in [0, 0.05) is 18.7 Å². The molecule has 1 aromatic rings. The van der Waals surface area contributed by atoms with Crippen LogP contribution in [0, 0.1) is 11.3 Å². The van der Waals surface area contributed by atoms with Crippen LogP contribution in [0.4, 0.5) is 0 Å². The van der Waals surface area contributed by atoms with Gasteiger partial charge in [-0.1, -0.05) is 12.1 Å². The number of benzene rings is 1. The Bertz CT molecular complexity index is 546. The van der Waals surface area contributed by atoms with Crippen molar-refractivity contribution < 1.29 is 14.6 Å². The van der Waals surface area contributed by atoms with Gasteiger partial charge >= 0.3 is 0 Å². The first-order valence-electron chi connectivity index (χ1n) is 6.98. The number of nitrogens with zero attached hydrogens (tertiary/aromatic N) is 2. The van der Waals surface area contributed by atoms with Crippen LogP contribution in [0.5, 0.6) is 0 Å². The number of carbonyl (C=O) groups is 1. The van der Waals surface area contributed by atoms with Gasteiger partial charge in [0.1, 0.15) is 0 Å². The van der Waals surface area contributed by atoms with Gasteiger partial charge in [-0.05, 0) is 26.0 Å². The lowest BCUT2D eigenvalue weighted by Gasteiger charge is -2.42. The van der Waals surface area contributed by atoms with E-state index in [9.17, 15) is 9.90 Å². The molecule has 21 heavy (non-hydrogen) atoms. The maximum atomic E-state index is 12.3. The van der Waals surface area contributed by atoms with E-state index in [1.54, 1.807) is 24.3 Å². The Kier molecular flexibility index (Phi) is 4.73. The lowest BCUT2D eigenvalue weighted by Crippen LogP contribution is -2.54. The lowest BCUT2D eigenvalue weighted by atomic mass is 10.0. The van der Waals surface area contributed by atoms with E-state index < -0.39 is 0 Å². The third kappa shape index (κ3) is 4.11. The zero-order valence-corrected chi connectivity index (χ0v) is 12.4. The Hall–Kier alpha value is -1.74. The van der Waals surface area contributed by atoms with Crippen LogP contribution in [0.3, 0.4) is 0 Å². The number of aliphatic hydroxyl groups excluding tert-OH is 1. The third-order valence-electron chi connectivity index (χ3n) is 3.46. The Morgan fingerprint density at radius 3 is 2.71 bits per heavy atom. The number of nitriles is 1. The molecule has 1 saturated heterocycles. The van der Waals surface area contributed by atoms with E-state index >= 15 is 0 Å². The smallest absolute Gasteiger partial charge is 0.176 e. The van der Waals surface area contributed by atoms with Gasteiger partial charge in [-0.2, -0.15) is 5.26 Å². The lowest BCUT2D eigenvalue weighted by molar-refractivity contribution is -0.146. The minimum absolute atomic E-state index is 0.00822. The Morgan fingerprint density at radius 1 is 1.48 bits per heavy atom. The van der Waals surface area contributed by atoms with E-state index in [1.807, 2.05) is 24.8 Å². The summed E-state index contributed by atoms with van der Waals surface area (Å²) < 4.78 is 5.73. The molecule has 1 N–H and O–H groups in total. The van der Waals surface area contributed by atoms with E-state index in [-0.39, 0.29) is 30.6 Å². The quantitative estimate of drug-likeness (QED) is 0.843. The summed E-state index contributed by atoms with van der Waals surface area (Å²) in [5, 5.41) is 18.0. The van der Waals surface area contributed by atoms with Gasteiger partial charge in [-0.25, -0.2) is 0 Å². The van der Waals surface area contributed by atoms with Crippen molar-refractivity contribution in [3.63, 3.8) is 0 Å². The van der Waals surface area contributed by atoms with Gasteiger partial charge in [0.2, 0.25) is 0 Å². The molecule has 1 fully saturated rings. The van der Waals surface area contributed by atoms with E-state index in [2.05, 4.69) is 0 Å². The number of ether oxygens (including phenoxy) is 1. The Balaban J connectivity index is 2.02. The minimum atomic E-state index is -0.378.